The highest BCUT2D eigenvalue weighted by Crippen LogP contribution is 2.28. The van der Waals surface area contributed by atoms with Crippen LogP contribution in [0.3, 0.4) is 0 Å². The summed E-state index contributed by atoms with van der Waals surface area (Å²) >= 11 is 0. The quantitative estimate of drug-likeness (QED) is 0.619. The van der Waals surface area contributed by atoms with E-state index in [0.717, 1.165) is 0 Å². The van der Waals surface area contributed by atoms with Crippen LogP contribution >= 0.6 is 0 Å². The van der Waals surface area contributed by atoms with Crippen molar-refractivity contribution >= 4 is 5.91 Å². The molecule has 0 heterocycles. The minimum Gasteiger partial charge on any atom is -0.334 e. The Hall–Kier alpha value is -1.56. The highest BCUT2D eigenvalue weighted by Gasteiger charge is 2.37. The zero-order valence-electron chi connectivity index (χ0n) is 10.2. The van der Waals surface area contributed by atoms with E-state index < -0.39 is 5.41 Å². The van der Waals surface area contributed by atoms with Crippen molar-refractivity contribution in [1.29, 1.82) is 5.26 Å². The molecule has 0 bridgehead atoms. The molecule has 0 aromatic rings. The maximum atomic E-state index is 12.2. The Kier molecular flexibility index (Phi) is 6.17. The summed E-state index contributed by atoms with van der Waals surface area (Å²) in [7, 11) is 0. The van der Waals surface area contributed by atoms with Gasteiger partial charge in [-0.1, -0.05) is 26.0 Å². The molecule has 16 heavy (non-hydrogen) atoms. The molecule has 0 atom stereocenters. The Morgan fingerprint density at radius 3 is 2.00 bits per heavy atom. The van der Waals surface area contributed by atoms with E-state index in [9.17, 15) is 10.1 Å². The molecule has 0 saturated heterocycles. The van der Waals surface area contributed by atoms with Crippen LogP contribution in [0, 0.1) is 16.7 Å². The topological polar surface area (TPSA) is 44.1 Å². The minimum absolute atomic E-state index is 0.125. The van der Waals surface area contributed by atoms with Gasteiger partial charge in [-0.25, -0.2) is 0 Å². The highest BCUT2D eigenvalue weighted by molar-refractivity contribution is 5.85. The van der Waals surface area contributed by atoms with Gasteiger partial charge in [0.2, 0.25) is 5.91 Å². The number of nitriles is 1. The summed E-state index contributed by atoms with van der Waals surface area (Å²) in [6.45, 7) is 11.9. The molecule has 0 unspecified atom stereocenters. The van der Waals surface area contributed by atoms with Gasteiger partial charge >= 0.3 is 0 Å². The molecule has 0 spiro atoms. The average Bonchev–Trinajstić information content (AvgIpc) is 2.31. The van der Waals surface area contributed by atoms with Crippen LogP contribution < -0.4 is 0 Å². The van der Waals surface area contributed by atoms with E-state index in [4.69, 9.17) is 0 Å². The van der Waals surface area contributed by atoms with Crippen molar-refractivity contribution in [2.45, 2.75) is 26.7 Å². The fourth-order valence-corrected chi connectivity index (χ4v) is 1.61. The van der Waals surface area contributed by atoms with Gasteiger partial charge in [0.25, 0.3) is 0 Å². The summed E-state index contributed by atoms with van der Waals surface area (Å²) in [5, 5.41) is 9.18. The van der Waals surface area contributed by atoms with Gasteiger partial charge in [0.1, 0.15) is 5.41 Å². The Morgan fingerprint density at radius 1 is 1.31 bits per heavy atom. The number of carbonyl (C=O) groups is 1. The smallest absolute Gasteiger partial charge is 0.243 e. The lowest BCUT2D eigenvalue weighted by Gasteiger charge is -2.29. The number of rotatable bonds is 7. The summed E-state index contributed by atoms with van der Waals surface area (Å²) in [5.74, 6) is -0.125. The number of hydrogen-bond acceptors (Lipinski definition) is 2. The summed E-state index contributed by atoms with van der Waals surface area (Å²) in [5.41, 5.74) is -0.897. The summed E-state index contributed by atoms with van der Waals surface area (Å²) in [4.78, 5) is 13.9. The first-order valence-electron chi connectivity index (χ1n) is 5.54. The van der Waals surface area contributed by atoms with Crippen LogP contribution in [0.15, 0.2) is 25.3 Å². The largest absolute Gasteiger partial charge is 0.334 e. The van der Waals surface area contributed by atoms with Crippen LogP contribution in [-0.2, 0) is 4.79 Å². The lowest BCUT2D eigenvalue weighted by molar-refractivity contribution is -0.138. The van der Waals surface area contributed by atoms with E-state index in [1.807, 2.05) is 13.8 Å². The van der Waals surface area contributed by atoms with Crippen LogP contribution in [-0.4, -0.2) is 23.9 Å². The van der Waals surface area contributed by atoms with E-state index in [-0.39, 0.29) is 5.91 Å². The van der Waals surface area contributed by atoms with Crippen molar-refractivity contribution in [2.24, 2.45) is 5.41 Å². The van der Waals surface area contributed by atoms with Gasteiger partial charge in [-0.3, -0.25) is 4.79 Å². The van der Waals surface area contributed by atoms with Gasteiger partial charge in [-0.2, -0.15) is 5.26 Å². The third kappa shape index (κ3) is 2.96. The molecule has 0 rings (SSSR count). The lowest BCUT2D eigenvalue weighted by Crippen LogP contribution is -2.43. The fraction of sp³-hybridized carbons (Fsp3) is 0.538. The molecule has 0 radical (unpaired) electrons. The number of hydrogen-bond donors (Lipinski definition) is 0. The molecule has 0 aliphatic carbocycles. The van der Waals surface area contributed by atoms with Gasteiger partial charge in [0.05, 0.1) is 6.07 Å². The molecule has 0 fully saturated rings. The first-order valence-corrected chi connectivity index (χ1v) is 5.54. The Balaban J connectivity index is 5.02. The number of carbonyl (C=O) groups excluding carboxylic acids is 1. The van der Waals surface area contributed by atoms with E-state index in [0.29, 0.717) is 25.9 Å². The second kappa shape index (κ2) is 6.84. The van der Waals surface area contributed by atoms with Crippen molar-refractivity contribution in [3.8, 4) is 6.07 Å². The molecule has 0 N–H and O–H groups in total. The van der Waals surface area contributed by atoms with Crippen molar-refractivity contribution < 1.29 is 4.79 Å². The lowest BCUT2D eigenvalue weighted by atomic mass is 9.82. The van der Waals surface area contributed by atoms with E-state index >= 15 is 0 Å². The van der Waals surface area contributed by atoms with Crippen molar-refractivity contribution in [3.63, 3.8) is 0 Å². The third-order valence-corrected chi connectivity index (χ3v) is 2.82. The third-order valence-electron chi connectivity index (χ3n) is 2.82. The monoisotopic (exact) mass is 220 g/mol. The SMILES string of the molecule is C=CCN(CC=C)C(=O)C(C#N)(CC)CC. The molecule has 0 aliphatic heterocycles. The van der Waals surface area contributed by atoms with Gasteiger partial charge in [-0.05, 0) is 12.8 Å². The molecule has 0 saturated carbocycles. The molecular formula is C13H20N2O. The second-order valence-electron chi connectivity index (χ2n) is 3.69. The van der Waals surface area contributed by atoms with Crippen molar-refractivity contribution in [3.05, 3.63) is 25.3 Å². The summed E-state index contributed by atoms with van der Waals surface area (Å²) in [6.07, 6.45) is 4.39. The summed E-state index contributed by atoms with van der Waals surface area (Å²) in [6, 6.07) is 2.15. The van der Waals surface area contributed by atoms with Gasteiger partial charge < -0.3 is 4.90 Å². The maximum absolute atomic E-state index is 12.2. The van der Waals surface area contributed by atoms with Gasteiger partial charge in [-0.15, -0.1) is 13.2 Å². The van der Waals surface area contributed by atoms with Crippen LogP contribution in [0.2, 0.25) is 0 Å². The van der Waals surface area contributed by atoms with E-state index in [1.165, 1.54) is 0 Å². The minimum atomic E-state index is -0.897. The molecule has 3 nitrogen and oxygen atoms in total. The second-order valence-corrected chi connectivity index (χ2v) is 3.69. The summed E-state index contributed by atoms with van der Waals surface area (Å²) < 4.78 is 0. The molecule has 0 aliphatic rings. The standard InChI is InChI=1S/C13H20N2O/c1-5-9-15(10-6-2)12(16)13(7-3,8-4)11-14/h5-6H,1-2,7-10H2,3-4H3. The number of amides is 1. The Morgan fingerprint density at radius 2 is 1.75 bits per heavy atom. The zero-order valence-corrected chi connectivity index (χ0v) is 10.2. The normalized spacial score (nSPS) is 10.3. The van der Waals surface area contributed by atoms with Crippen LogP contribution in [0.25, 0.3) is 0 Å². The van der Waals surface area contributed by atoms with Crippen LogP contribution in [0.4, 0.5) is 0 Å². The Bertz CT molecular complexity index is 288. The van der Waals surface area contributed by atoms with Crippen LogP contribution in [0.5, 0.6) is 0 Å². The molecule has 0 aromatic carbocycles. The van der Waals surface area contributed by atoms with Gasteiger partial charge in [0, 0.05) is 13.1 Å². The van der Waals surface area contributed by atoms with E-state index in [2.05, 4.69) is 19.2 Å². The van der Waals surface area contributed by atoms with Crippen molar-refractivity contribution in [1.82, 2.24) is 4.90 Å². The predicted octanol–water partition coefficient (Wildman–Crippen LogP) is 2.52. The molecule has 0 aromatic heterocycles. The maximum Gasteiger partial charge on any atom is 0.243 e. The predicted molar refractivity (Wildman–Crippen MR) is 65.6 cm³/mol. The van der Waals surface area contributed by atoms with Crippen molar-refractivity contribution in [2.75, 3.05) is 13.1 Å². The molecule has 3 heteroatoms. The average molecular weight is 220 g/mol. The Labute approximate surface area is 98.1 Å². The number of nitrogens with zero attached hydrogens (tertiary/aromatic N) is 2. The highest BCUT2D eigenvalue weighted by atomic mass is 16.2. The first kappa shape index (κ1) is 14.4. The molecule has 1 amide bonds. The first-order chi connectivity index (χ1) is 7.61. The molecular weight excluding hydrogens is 200 g/mol. The fourth-order valence-electron chi connectivity index (χ4n) is 1.61. The van der Waals surface area contributed by atoms with Crippen LogP contribution in [0.1, 0.15) is 26.7 Å². The zero-order chi connectivity index (χ0) is 12.6. The van der Waals surface area contributed by atoms with Gasteiger partial charge in [0.15, 0.2) is 0 Å². The molecule has 88 valence electrons. The van der Waals surface area contributed by atoms with E-state index in [1.54, 1.807) is 17.1 Å².